The molecule has 1 aromatic rings. The van der Waals surface area contributed by atoms with Gasteiger partial charge in [0.15, 0.2) is 0 Å². The number of aliphatic hydroxyl groups is 1. The predicted octanol–water partition coefficient (Wildman–Crippen LogP) is 3.43. The average Bonchev–Trinajstić information content (AvgIpc) is 2.45. The fraction of sp³-hybridized carbons (Fsp3) is 0.625. The summed E-state index contributed by atoms with van der Waals surface area (Å²) in [5, 5.41) is 13.5. The lowest BCUT2D eigenvalue weighted by Crippen LogP contribution is -2.34. The monoisotopic (exact) mass is 283 g/mol. The SMILES string of the molecule is CCNC(C)c1cc(F)ccc1OCC(O)(CC)CC. The van der Waals surface area contributed by atoms with Crippen LogP contribution in [0.5, 0.6) is 5.75 Å². The molecule has 4 heteroatoms. The molecule has 20 heavy (non-hydrogen) atoms. The molecule has 0 saturated carbocycles. The van der Waals surface area contributed by atoms with Gasteiger partial charge in [0.05, 0.1) is 5.60 Å². The van der Waals surface area contributed by atoms with E-state index in [1.807, 2.05) is 27.7 Å². The van der Waals surface area contributed by atoms with Crippen LogP contribution in [-0.2, 0) is 0 Å². The molecule has 1 aromatic carbocycles. The van der Waals surface area contributed by atoms with Gasteiger partial charge in [0.25, 0.3) is 0 Å². The minimum atomic E-state index is -0.826. The van der Waals surface area contributed by atoms with Gasteiger partial charge in [-0.05, 0) is 44.5 Å². The van der Waals surface area contributed by atoms with Crippen LogP contribution < -0.4 is 10.1 Å². The highest BCUT2D eigenvalue weighted by atomic mass is 19.1. The second-order valence-electron chi connectivity index (χ2n) is 5.18. The molecule has 2 N–H and O–H groups in total. The largest absolute Gasteiger partial charge is 0.490 e. The van der Waals surface area contributed by atoms with Gasteiger partial charge in [0.1, 0.15) is 18.2 Å². The molecule has 0 aromatic heterocycles. The first-order valence-corrected chi connectivity index (χ1v) is 7.33. The van der Waals surface area contributed by atoms with Crippen molar-refractivity contribution in [1.82, 2.24) is 5.32 Å². The normalized spacial score (nSPS) is 13.3. The summed E-state index contributed by atoms with van der Waals surface area (Å²) in [6.07, 6.45) is 1.26. The number of halogens is 1. The lowest BCUT2D eigenvalue weighted by atomic mass is 9.99. The maximum absolute atomic E-state index is 13.4. The molecule has 0 aliphatic rings. The summed E-state index contributed by atoms with van der Waals surface area (Å²) < 4.78 is 19.2. The van der Waals surface area contributed by atoms with Crippen molar-refractivity contribution in [2.45, 2.75) is 52.2 Å². The number of hydrogen-bond acceptors (Lipinski definition) is 3. The van der Waals surface area contributed by atoms with E-state index in [1.165, 1.54) is 12.1 Å². The van der Waals surface area contributed by atoms with Crippen molar-refractivity contribution in [3.63, 3.8) is 0 Å². The molecule has 1 unspecified atom stereocenters. The van der Waals surface area contributed by atoms with Gasteiger partial charge in [-0.1, -0.05) is 20.8 Å². The van der Waals surface area contributed by atoms with Crippen molar-refractivity contribution in [2.75, 3.05) is 13.2 Å². The minimum absolute atomic E-state index is 0.00189. The topological polar surface area (TPSA) is 41.5 Å². The Balaban J connectivity index is 2.89. The molecule has 1 atom stereocenters. The van der Waals surface area contributed by atoms with Crippen molar-refractivity contribution in [3.05, 3.63) is 29.6 Å². The zero-order valence-electron chi connectivity index (χ0n) is 12.9. The van der Waals surface area contributed by atoms with Gasteiger partial charge in [0, 0.05) is 11.6 Å². The van der Waals surface area contributed by atoms with E-state index in [4.69, 9.17) is 4.74 Å². The second-order valence-corrected chi connectivity index (χ2v) is 5.18. The van der Waals surface area contributed by atoms with E-state index >= 15 is 0 Å². The quantitative estimate of drug-likeness (QED) is 0.768. The zero-order valence-corrected chi connectivity index (χ0v) is 12.9. The second kappa shape index (κ2) is 7.60. The lowest BCUT2D eigenvalue weighted by molar-refractivity contribution is -0.0117. The zero-order chi connectivity index (χ0) is 15.2. The highest BCUT2D eigenvalue weighted by Gasteiger charge is 2.24. The van der Waals surface area contributed by atoms with Gasteiger partial charge in [0.2, 0.25) is 0 Å². The van der Waals surface area contributed by atoms with Crippen LogP contribution in [-0.4, -0.2) is 23.9 Å². The number of nitrogens with one attached hydrogen (secondary N) is 1. The van der Waals surface area contributed by atoms with Crippen LogP contribution in [0.4, 0.5) is 4.39 Å². The van der Waals surface area contributed by atoms with E-state index < -0.39 is 5.60 Å². The van der Waals surface area contributed by atoms with Crippen LogP contribution in [0, 0.1) is 5.82 Å². The van der Waals surface area contributed by atoms with Crippen LogP contribution in [0.2, 0.25) is 0 Å². The van der Waals surface area contributed by atoms with Gasteiger partial charge in [-0.15, -0.1) is 0 Å². The first-order chi connectivity index (χ1) is 9.45. The Bertz CT molecular complexity index is 419. The van der Waals surface area contributed by atoms with Gasteiger partial charge in [-0.3, -0.25) is 0 Å². The molecule has 114 valence electrons. The number of ether oxygens (including phenoxy) is 1. The van der Waals surface area contributed by atoms with E-state index in [1.54, 1.807) is 6.07 Å². The molecule has 1 rings (SSSR count). The molecule has 0 bridgehead atoms. The van der Waals surface area contributed by atoms with Crippen LogP contribution in [0.25, 0.3) is 0 Å². The van der Waals surface area contributed by atoms with E-state index in [0.717, 1.165) is 12.1 Å². The molecule has 3 nitrogen and oxygen atoms in total. The average molecular weight is 283 g/mol. The van der Waals surface area contributed by atoms with Crippen molar-refractivity contribution in [2.24, 2.45) is 0 Å². The summed E-state index contributed by atoms with van der Waals surface area (Å²) in [7, 11) is 0. The first-order valence-electron chi connectivity index (χ1n) is 7.33. The maximum Gasteiger partial charge on any atom is 0.124 e. The van der Waals surface area contributed by atoms with Crippen molar-refractivity contribution in [1.29, 1.82) is 0 Å². The summed E-state index contributed by atoms with van der Waals surface area (Å²) >= 11 is 0. The van der Waals surface area contributed by atoms with E-state index in [0.29, 0.717) is 18.6 Å². The summed E-state index contributed by atoms with van der Waals surface area (Å²) in [6.45, 7) is 8.85. The van der Waals surface area contributed by atoms with Crippen molar-refractivity contribution in [3.8, 4) is 5.75 Å². The molecule has 0 radical (unpaired) electrons. The molecule has 0 amide bonds. The van der Waals surface area contributed by atoms with Crippen molar-refractivity contribution >= 4 is 0 Å². The van der Waals surface area contributed by atoms with E-state index in [-0.39, 0.29) is 18.5 Å². The fourth-order valence-electron chi connectivity index (χ4n) is 2.07. The van der Waals surface area contributed by atoms with Gasteiger partial charge in [-0.25, -0.2) is 4.39 Å². The highest BCUT2D eigenvalue weighted by molar-refractivity contribution is 5.36. The number of hydrogen-bond donors (Lipinski definition) is 2. The predicted molar refractivity (Wildman–Crippen MR) is 79.5 cm³/mol. The van der Waals surface area contributed by atoms with Crippen LogP contribution in [0.1, 0.15) is 52.1 Å². The third-order valence-electron chi connectivity index (χ3n) is 3.76. The summed E-state index contributed by atoms with van der Waals surface area (Å²) in [5.74, 6) is 0.346. The molecular weight excluding hydrogens is 257 g/mol. The third-order valence-corrected chi connectivity index (χ3v) is 3.76. The molecule has 0 saturated heterocycles. The Morgan fingerprint density at radius 1 is 1.30 bits per heavy atom. The Kier molecular flexibility index (Phi) is 6.43. The standard InChI is InChI=1S/C16H26FNO2/c1-5-16(19,6-2)11-20-15-9-8-13(17)10-14(15)12(4)18-7-3/h8-10,12,18-19H,5-7,11H2,1-4H3. The summed E-state index contributed by atoms with van der Waals surface area (Å²) in [5.41, 5.74) is -0.0472. The lowest BCUT2D eigenvalue weighted by Gasteiger charge is -2.26. The van der Waals surface area contributed by atoms with Crippen LogP contribution in [0.3, 0.4) is 0 Å². The smallest absolute Gasteiger partial charge is 0.124 e. The van der Waals surface area contributed by atoms with Crippen molar-refractivity contribution < 1.29 is 14.2 Å². The minimum Gasteiger partial charge on any atom is -0.490 e. The Hall–Kier alpha value is -1.13. The molecule has 0 aliphatic heterocycles. The summed E-state index contributed by atoms with van der Waals surface area (Å²) in [6, 6.07) is 4.50. The van der Waals surface area contributed by atoms with E-state index in [9.17, 15) is 9.50 Å². The van der Waals surface area contributed by atoms with E-state index in [2.05, 4.69) is 5.32 Å². The molecule has 0 spiro atoms. The van der Waals surface area contributed by atoms with Gasteiger partial charge >= 0.3 is 0 Å². The highest BCUT2D eigenvalue weighted by Crippen LogP contribution is 2.27. The number of benzene rings is 1. The molecule has 0 heterocycles. The van der Waals surface area contributed by atoms with Crippen LogP contribution in [0.15, 0.2) is 18.2 Å². The van der Waals surface area contributed by atoms with Gasteiger partial charge < -0.3 is 15.2 Å². The third kappa shape index (κ3) is 4.46. The molecule has 0 fully saturated rings. The Labute approximate surface area is 121 Å². The Morgan fingerprint density at radius 3 is 2.50 bits per heavy atom. The molecular formula is C16H26FNO2. The Morgan fingerprint density at radius 2 is 1.95 bits per heavy atom. The fourth-order valence-corrected chi connectivity index (χ4v) is 2.07. The first kappa shape index (κ1) is 16.9. The summed E-state index contributed by atoms with van der Waals surface area (Å²) in [4.78, 5) is 0. The van der Waals surface area contributed by atoms with Gasteiger partial charge in [-0.2, -0.15) is 0 Å². The molecule has 0 aliphatic carbocycles. The number of rotatable bonds is 8. The van der Waals surface area contributed by atoms with Crippen LogP contribution >= 0.6 is 0 Å². The maximum atomic E-state index is 13.4.